The Morgan fingerprint density at radius 2 is 2.00 bits per heavy atom. The van der Waals surface area contributed by atoms with E-state index in [1.165, 1.54) is 0 Å². The number of imidazole rings is 1. The Kier molecular flexibility index (Phi) is 7.87. The highest BCUT2D eigenvalue weighted by atomic mass is 35.5. The zero-order chi connectivity index (χ0) is 19.4. The number of ether oxygens (including phenoxy) is 1. The third kappa shape index (κ3) is 4.85. The molecule has 6 nitrogen and oxygen atoms in total. The minimum Gasteiger partial charge on any atom is -0.490 e. The summed E-state index contributed by atoms with van der Waals surface area (Å²) in [6.45, 7) is 7.71. The van der Waals surface area contributed by atoms with E-state index >= 15 is 0 Å². The third-order valence-corrected chi connectivity index (χ3v) is 5.43. The van der Waals surface area contributed by atoms with Crippen molar-refractivity contribution in [3.8, 4) is 5.75 Å². The number of amides is 1. The predicted octanol–water partition coefficient (Wildman–Crippen LogP) is 4.07. The number of hydrogen-bond donors (Lipinski definition) is 0. The van der Waals surface area contributed by atoms with E-state index in [9.17, 15) is 9.59 Å². The fourth-order valence-electron chi connectivity index (χ4n) is 3.97. The highest BCUT2D eigenvalue weighted by Crippen LogP contribution is 2.25. The Labute approximate surface area is 172 Å². The van der Waals surface area contributed by atoms with Crippen LogP contribution in [0, 0.1) is 12.8 Å². The molecule has 0 saturated carbocycles. The summed E-state index contributed by atoms with van der Waals surface area (Å²) in [6, 6.07) is 3.77. The minimum atomic E-state index is 0. The van der Waals surface area contributed by atoms with Crippen molar-refractivity contribution >= 4 is 29.7 Å². The topological polar surface area (TPSA) is 63.9 Å². The summed E-state index contributed by atoms with van der Waals surface area (Å²) < 4.78 is 7.49. The van der Waals surface area contributed by atoms with Crippen LogP contribution in [0.3, 0.4) is 0 Å². The number of piperidine rings is 1. The largest absolute Gasteiger partial charge is 0.490 e. The van der Waals surface area contributed by atoms with Gasteiger partial charge in [-0.15, -0.1) is 12.4 Å². The second kappa shape index (κ2) is 9.92. The summed E-state index contributed by atoms with van der Waals surface area (Å²) in [5.41, 5.74) is 2.12. The normalized spacial score (nSPS) is 14.8. The molecule has 3 heterocycles. The number of ketones is 1. The summed E-state index contributed by atoms with van der Waals surface area (Å²) in [6.07, 6.45) is 6.40. The minimum absolute atomic E-state index is 0. The molecular formula is C21H30ClN3O3. The van der Waals surface area contributed by atoms with E-state index in [1.807, 2.05) is 41.5 Å². The molecule has 1 fully saturated rings. The number of halogens is 1. The van der Waals surface area contributed by atoms with Crippen molar-refractivity contribution < 1.29 is 14.3 Å². The lowest BCUT2D eigenvalue weighted by molar-refractivity contribution is -0.130. The summed E-state index contributed by atoms with van der Waals surface area (Å²) in [4.78, 5) is 30.7. The van der Waals surface area contributed by atoms with Crippen LogP contribution in [0.4, 0.5) is 0 Å². The molecule has 0 spiro atoms. The first-order valence-electron chi connectivity index (χ1n) is 9.90. The standard InChI is InChI=1S/C21H29N3O3.ClH/c1-4-27-19-9-6-12-24-20(15(2)22-21(19)24)18(26)8-5-7-17-10-13-23(14-11-17)16(3)25;/h6,9,12,17H,4-5,7-8,10-11,13-14H2,1-3H3;1H. The number of nitrogens with zero attached hydrogens (tertiary/aromatic N) is 3. The molecular weight excluding hydrogens is 378 g/mol. The van der Waals surface area contributed by atoms with Crippen LogP contribution in [0.1, 0.15) is 62.1 Å². The van der Waals surface area contributed by atoms with Crippen LogP contribution in [0.15, 0.2) is 18.3 Å². The quantitative estimate of drug-likeness (QED) is 0.649. The van der Waals surface area contributed by atoms with Gasteiger partial charge < -0.3 is 9.64 Å². The summed E-state index contributed by atoms with van der Waals surface area (Å²) >= 11 is 0. The molecule has 0 bridgehead atoms. The molecule has 3 rings (SSSR count). The van der Waals surface area contributed by atoms with E-state index in [1.54, 1.807) is 6.92 Å². The van der Waals surface area contributed by atoms with Crippen molar-refractivity contribution in [1.29, 1.82) is 0 Å². The summed E-state index contributed by atoms with van der Waals surface area (Å²) in [5, 5.41) is 0. The molecule has 2 aromatic rings. The van der Waals surface area contributed by atoms with E-state index in [0.29, 0.717) is 36.0 Å². The maximum absolute atomic E-state index is 12.8. The number of carbonyl (C=O) groups is 2. The molecule has 1 aliphatic heterocycles. The maximum atomic E-state index is 12.8. The molecule has 0 atom stereocenters. The highest BCUT2D eigenvalue weighted by molar-refractivity contribution is 5.96. The third-order valence-electron chi connectivity index (χ3n) is 5.43. The SMILES string of the molecule is CCOc1cccn2c(C(=O)CCCC3CCN(C(C)=O)CC3)c(C)nc12.Cl. The zero-order valence-electron chi connectivity index (χ0n) is 16.9. The van der Waals surface area contributed by atoms with Crippen LogP contribution in [0.5, 0.6) is 5.75 Å². The van der Waals surface area contributed by atoms with Gasteiger partial charge in [-0.25, -0.2) is 4.98 Å². The number of hydrogen-bond acceptors (Lipinski definition) is 4. The Balaban J connectivity index is 0.00000280. The molecule has 7 heteroatoms. The van der Waals surface area contributed by atoms with E-state index in [-0.39, 0.29) is 24.1 Å². The Bertz CT molecular complexity index is 826. The molecule has 0 N–H and O–H groups in total. The van der Waals surface area contributed by atoms with Crippen LogP contribution < -0.4 is 4.74 Å². The summed E-state index contributed by atoms with van der Waals surface area (Å²) in [7, 11) is 0. The van der Waals surface area contributed by atoms with Crippen molar-refractivity contribution in [3.05, 3.63) is 29.7 Å². The van der Waals surface area contributed by atoms with Crippen LogP contribution in [0.2, 0.25) is 0 Å². The fraction of sp³-hybridized carbons (Fsp3) is 0.571. The van der Waals surface area contributed by atoms with Gasteiger partial charge in [0.1, 0.15) is 5.69 Å². The van der Waals surface area contributed by atoms with Crippen molar-refractivity contribution in [1.82, 2.24) is 14.3 Å². The van der Waals surface area contributed by atoms with Gasteiger partial charge in [0.25, 0.3) is 0 Å². The van der Waals surface area contributed by atoms with E-state index < -0.39 is 0 Å². The van der Waals surface area contributed by atoms with Crippen molar-refractivity contribution in [2.45, 2.75) is 52.9 Å². The fourth-order valence-corrected chi connectivity index (χ4v) is 3.97. The average molecular weight is 408 g/mol. The number of pyridine rings is 1. The number of likely N-dealkylation sites (tertiary alicyclic amines) is 1. The van der Waals surface area contributed by atoms with Crippen LogP contribution in [-0.4, -0.2) is 45.7 Å². The average Bonchev–Trinajstić information content (AvgIpc) is 2.99. The van der Waals surface area contributed by atoms with Gasteiger partial charge in [0.05, 0.1) is 12.3 Å². The molecule has 28 heavy (non-hydrogen) atoms. The lowest BCUT2D eigenvalue weighted by Gasteiger charge is -2.31. The van der Waals surface area contributed by atoms with Gasteiger partial charge in [0.15, 0.2) is 17.2 Å². The van der Waals surface area contributed by atoms with E-state index in [4.69, 9.17) is 4.74 Å². The monoisotopic (exact) mass is 407 g/mol. The van der Waals surface area contributed by atoms with Gasteiger partial charge in [-0.3, -0.25) is 14.0 Å². The number of carbonyl (C=O) groups excluding carboxylic acids is 2. The molecule has 2 aromatic heterocycles. The number of Topliss-reactive ketones (excluding diaryl/α,β-unsaturated/α-hetero) is 1. The molecule has 1 amide bonds. The smallest absolute Gasteiger partial charge is 0.219 e. The first-order valence-corrected chi connectivity index (χ1v) is 9.90. The zero-order valence-corrected chi connectivity index (χ0v) is 17.8. The number of fused-ring (bicyclic) bond motifs is 1. The number of aromatic nitrogens is 2. The number of rotatable bonds is 7. The lowest BCUT2D eigenvalue weighted by Crippen LogP contribution is -2.36. The van der Waals surface area contributed by atoms with Crippen molar-refractivity contribution in [3.63, 3.8) is 0 Å². The Morgan fingerprint density at radius 3 is 2.64 bits per heavy atom. The Hall–Kier alpha value is -2.08. The molecule has 1 saturated heterocycles. The van der Waals surface area contributed by atoms with Crippen LogP contribution in [0.25, 0.3) is 5.65 Å². The molecule has 1 aliphatic rings. The maximum Gasteiger partial charge on any atom is 0.219 e. The first kappa shape index (κ1) is 22.2. The Morgan fingerprint density at radius 1 is 1.29 bits per heavy atom. The number of aryl methyl sites for hydroxylation is 1. The van der Waals surface area contributed by atoms with Gasteiger partial charge in [0, 0.05) is 32.6 Å². The van der Waals surface area contributed by atoms with Gasteiger partial charge in [-0.05, 0) is 57.6 Å². The second-order valence-electron chi connectivity index (χ2n) is 7.31. The molecule has 154 valence electrons. The second-order valence-corrected chi connectivity index (χ2v) is 7.31. The molecule has 0 unspecified atom stereocenters. The van der Waals surface area contributed by atoms with E-state index in [2.05, 4.69) is 4.98 Å². The van der Waals surface area contributed by atoms with Crippen molar-refractivity contribution in [2.75, 3.05) is 19.7 Å². The first-order chi connectivity index (χ1) is 13.0. The van der Waals surface area contributed by atoms with E-state index in [0.717, 1.165) is 44.5 Å². The lowest BCUT2D eigenvalue weighted by atomic mass is 9.91. The van der Waals surface area contributed by atoms with Gasteiger partial charge in [-0.2, -0.15) is 0 Å². The van der Waals surface area contributed by atoms with Crippen LogP contribution >= 0.6 is 12.4 Å². The molecule has 0 aliphatic carbocycles. The molecule has 0 aromatic carbocycles. The summed E-state index contributed by atoms with van der Waals surface area (Å²) in [5.74, 6) is 1.62. The van der Waals surface area contributed by atoms with Gasteiger partial charge in [0.2, 0.25) is 5.91 Å². The van der Waals surface area contributed by atoms with Gasteiger partial charge >= 0.3 is 0 Å². The molecule has 0 radical (unpaired) electrons. The van der Waals surface area contributed by atoms with Gasteiger partial charge in [-0.1, -0.05) is 0 Å². The predicted molar refractivity (Wildman–Crippen MR) is 112 cm³/mol. The highest BCUT2D eigenvalue weighted by Gasteiger charge is 2.22. The van der Waals surface area contributed by atoms with Crippen LogP contribution in [-0.2, 0) is 4.79 Å². The van der Waals surface area contributed by atoms with Crippen molar-refractivity contribution in [2.24, 2.45) is 5.92 Å².